The number of amides is 1. The molecule has 1 aromatic rings. The first-order valence-electron chi connectivity index (χ1n) is 6.84. The topological polar surface area (TPSA) is 66.5 Å². The number of piperidine rings is 1. The molecule has 1 amide bonds. The van der Waals surface area contributed by atoms with Crippen molar-refractivity contribution in [1.82, 2.24) is 9.62 Å². The van der Waals surface area contributed by atoms with Gasteiger partial charge in [-0.1, -0.05) is 18.2 Å². The second kappa shape index (κ2) is 6.53. The van der Waals surface area contributed by atoms with E-state index in [9.17, 15) is 17.6 Å². The molecule has 1 aliphatic heterocycles. The zero-order valence-corrected chi connectivity index (χ0v) is 12.7. The number of hydrogen-bond donors (Lipinski definition) is 1. The molecule has 0 aromatic heterocycles. The summed E-state index contributed by atoms with van der Waals surface area (Å²) in [7, 11) is -3.18. The number of rotatable bonds is 4. The van der Waals surface area contributed by atoms with Crippen LogP contribution in [0.3, 0.4) is 0 Å². The van der Waals surface area contributed by atoms with Crippen LogP contribution in [-0.2, 0) is 21.4 Å². The van der Waals surface area contributed by atoms with Crippen molar-refractivity contribution in [2.45, 2.75) is 19.4 Å². The van der Waals surface area contributed by atoms with Crippen molar-refractivity contribution < 1.29 is 17.6 Å². The number of nitrogens with zero attached hydrogens (tertiary/aromatic N) is 1. The van der Waals surface area contributed by atoms with Crippen LogP contribution in [0.5, 0.6) is 0 Å². The van der Waals surface area contributed by atoms with Gasteiger partial charge in [-0.15, -0.1) is 0 Å². The minimum atomic E-state index is -3.18. The molecule has 116 valence electrons. The largest absolute Gasteiger partial charge is 0.352 e. The lowest BCUT2D eigenvalue weighted by molar-refractivity contribution is -0.126. The van der Waals surface area contributed by atoms with Gasteiger partial charge < -0.3 is 5.32 Å². The average molecular weight is 314 g/mol. The van der Waals surface area contributed by atoms with Crippen LogP contribution in [0.1, 0.15) is 18.4 Å². The Labute approximate surface area is 124 Å². The third-order valence-electron chi connectivity index (χ3n) is 3.70. The first kappa shape index (κ1) is 15.9. The van der Waals surface area contributed by atoms with Crippen molar-refractivity contribution in [3.8, 4) is 0 Å². The van der Waals surface area contributed by atoms with Gasteiger partial charge in [-0.2, -0.15) is 0 Å². The van der Waals surface area contributed by atoms with Crippen LogP contribution in [0.25, 0.3) is 0 Å². The maximum absolute atomic E-state index is 13.4. The quantitative estimate of drug-likeness (QED) is 0.905. The summed E-state index contributed by atoms with van der Waals surface area (Å²) in [5, 5.41) is 2.72. The zero-order chi connectivity index (χ0) is 15.5. The maximum atomic E-state index is 13.4. The molecule has 1 aromatic carbocycles. The standard InChI is InChI=1S/C14H19FN2O3S/c1-21(19,20)17-8-6-11(7-9-17)14(18)16-10-12-4-2-3-5-13(12)15/h2-5,11H,6-10H2,1H3,(H,16,18). The molecule has 0 aliphatic carbocycles. The van der Waals surface area contributed by atoms with Crippen LogP contribution in [0, 0.1) is 11.7 Å². The fraction of sp³-hybridized carbons (Fsp3) is 0.500. The third kappa shape index (κ3) is 4.25. The Morgan fingerprint density at radius 3 is 2.52 bits per heavy atom. The Hall–Kier alpha value is -1.47. The molecule has 0 radical (unpaired) electrons. The molecule has 0 spiro atoms. The number of benzene rings is 1. The van der Waals surface area contributed by atoms with E-state index in [-0.39, 0.29) is 24.2 Å². The molecular formula is C14H19FN2O3S. The summed E-state index contributed by atoms with van der Waals surface area (Å²) < 4.78 is 37.6. The zero-order valence-electron chi connectivity index (χ0n) is 11.9. The van der Waals surface area contributed by atoms with E-state index in [4.69, 9.17) is 0 Å². The summed E-state index contributed by atoms with van der Waals surface area (Å²) in [6, 6.07) is 6.30. The second-order valence-corrected chi connectivity index (χ2v) is 7.23. The highest BCUT2D eigenvalue weighted by molar-refractivity contribution is 7.88. The summed E-state index contributed by atoms with van der Waals surface area (Å²) in [6.07, 6.45) is 2.16. The molecule has 1 saturated heterocycles. The van der Waals surface area contributed by atoms with Gasteiger partial charge in [-0.05, 0) is 18.9 Å². The highest BCUT2D eigenvalue weighted by atomic mass is 32.2. The smallest absolute Gasteiger partial charge is 0.223 e. The van der Waals surface area contributed by atoms with Gasteiger partial charge in [0.15, 0.2) is 0 Å². The van der Waals surface area contributed by atoms with Gasteiger partial charge in [-0.25, -0.2) is 17.1 Å². The van der Waals surface area contributed by atoms with E-state index in [1.165, 1.54) is 16.6 Å². The van der Waals surface area contributed by atoms with Gasteiger partial charge in [0.1, 0.15) is 5.82 Å². The Morgan fingerprint density at radius 1 is 1.33 bits per heavy atom. The minimum absolute atomic E-state index is 0.147. The number of nitrogens with one attached hydrogen (secondary N) is 1. The fourth-order valence-electron chi connectivity index (χ4n) is 2.42. The first-order chi connectivity index (χ1) is 9.88. The van der Waals surface area contributed by atoms with Crippen LogP contribution in [0.4, 0.5) is 4.39 Å². The third-order valence-corrected chi connectivity index (χ3v) is 5.01. The molecule has 1 fully saturated rings. The van der Waals surface area contributed by atoms with Crippen molar-refractivity contribution in [3.05, 3.63) is 35.6 Å². The molecular weight excluding hydrogens is 295 g/mol. The maximum Gasteiger partial charge on any atom is 0.223 e. The highest BCUT2D eigenvalue weighted by Gasteiger charge is 2.28. The average Bonchev–Trinajstić information content (AvgIpc) is 2.45. The van der Waals surface area contributed by atoms with E-state index in [1.807, 2.05) is 0 Å². The van der Waals surface area contributed by atoms with Gasteiger partial charge >= 0.3 is 0 Å². The van der Waals surface area contributed by atoms with E-state index in [0.717, 1.165) is 0 Å². The van der Waals surface area contributed by atoms with E-state index >= 15 is 0 Å². The van der Waals surface area contributed by atoms with E-state index in [0.29, 0.717) is 31.5 Å². The normalized spacial score (nSPS) is 17.6. The van der Waals surface area contributed by atoms with Gasteiger partial charge in [0.2, 0.25) is 15.9 Å². The molecule has 5 nitrogen and oxygen atoms in total. The number of halogens is 1. The lowest BCUT2D eigenvalue weighted by atomic mass is 9.97. The Balaban J connectivity index is 1.84. The monoisotopic (exact) mass is 314 g/mol. The summed E-state index contributed by atoms with van der Waals surface area (Å²) in [5.41, 5.74) is 0.444. The molecule has 0 bridgehead atoms. The summed E-state index contributed by atoms with van der Waals surface area (Å²) in [4.78, 5) is 12.0. The summed E-state index contributed by atoms with van der Waals surface area (Å²) >= 11 is 0. The van der Waals surface area contributed by atoms with Crippen molar-refractivity contribution in [2.24, 2.45) is 5.92 Å². The molecule has 21 heavy (non-hydrogen) atoms. The Bertz CT molecular complexity index is 610. The number of carbonyl (C=O) groups is 1. The molecule has 0 saturated carbocycles. The Kier molecular flexibility index (Phi) is 4.95. The van der Waals surface area contributed by atoms with Gasteiger partial charge in [0.05, 0.1) is 6.26 Å². The predicted molar refractivity (Wildman–Crippen MR) is 77.4 cm³/mol. The summed E-state index contributed by atoms with van der Waals surface area (Å²) in [6.45, 7) is 0.866. The van der Waals surface area contributed by atoms with E-state index in [1.54, 1.807) is 18.2 Å². The van der Waals surface area contributed by atoms with Crippen molar-refractivity contribution in [1.29, 1.82) is 0 Å². The lowest BCUT2D eigenvalue weighted by Gasteiger charge is -2.29. The number of carbonyl (C=O) groups excluding carboxylic acids is 1. The molecule has 7 heteroatoms. The second-order valence-electron chi connectivity index (χ2n) is 5.25. The van der Waals surface area contributed by atoms with E-state index < -0.39 is 10.0 Å². The predicted octanol–water partition coefficient (Wildman–Crippen LogP) is 1.11. The lowest BCUT2D eigenvalue weighted by Crippen LogP contribution is -2.42. The highest BCUT2D eigenvalue weighted by Crippen LogP contribution is 2.19. The fourth-order valence-corrected chi connectivity index (χ4v) is 3.29. The molecule has 0 atom stereocenters. The first-order valence-corrected chi connectivity index (χ1v) is 8.69. The van der Waals surface area contributed by atoms with Gasteiger partial charge in [0, 0.05) is 31.1 Å². The van der Waals surface area contributed by atoms with Crippen molar-refractivity contribution in [2.75, 3.05) is 19.3 Å². The molecule has 1 heterocycles. The van der Waals surface area contributed by atoms with Crippen LogP contribution in [-0.4, -0.2) is 38.0 Å². The number of sulfonamides is 1. The molecule has 2 rings (SSSR count). The van der Waals surface area contributed by atoms with Crippen LogP contribution in [0.15, 0.2) is 24.3 Å². The Morgan fingerprint density at radius 2 is 1.95 bits per heavy atom. The molecule has 1 N–H and O–H groups in total. The van der Waals surface area contributed by atoms with Crippen LogP contribution in [0.2, 0.25) is 0 Å². The summed E-state index contributed by atoms with van der Waals surface area (Å²) in [5.74, 6) is -0.703. The molecule has 1 aliphatic rings. The van der Waals surface area contributed by atoms with Gasteiger partial charge in [0.25, 0.3) is 0 Å². The molecule has 0 unspecified atom stereocenters. The minimum Gasteiger partial charge on any atom is -0.352 e. The van der Waals surface area contributed by atoms with Crippen molar-refractivity contribution in [3.63, 3.8) is 0 Å². The van der Waals surface area contributed by atoms with Crippen LogP contribution >= 0.6 is 0 Å². The number of hydrogen-bond acceptors (Lipinski definition) is 3. The van der Waals surface area contributed by atoms with E-state index in [2.05, 4.69) is 5.32 Å². The van der Waals surface area contributed by atoms with Crippen molar-refractivity contribution >= 4 is 15.9 Å². The SMILES string of the molecule is CS(=O)(=O)N1CCC(C(=O)NCc2ccccc2F)CC1. The van der Waals surface area contributed by atoms with Crippen LogP contribution < -0.4 is 5.32 Å². The van der Waals surface area contributed by atoms with Gasteiger partial charge in [-0.3, -0.25) is 4.79 Å².